The van der Waals surface area contributed by atoms with Gasteiger partial charge in [-0.15, -0.1) is 0 Å². The predicted molar refractivity (Wildman–Crippen MR) is 62.6 cm³/mol. The zero-order valence-corrected chi connectivity index (χ0v) is 9.97. The third-order valence-corrected chi connectivity index (χ3v) is 4.73. The van der Waals surface area contributed by atoms with Crippen LogP contribution in [-0.4, -0.2) is 58.2 Å². The van der Waals surface area contributed by atoms with Gasteiger partial charge in [-0.1, -0.05) is 6.92 Å². The monoisotopic (exact) mass is 229 g/mol. The van der Waals surface area contributed by atoms with Crippen molar-refractivity contribution in [1.29, 1.82) is 0 Å². The summed E-state index contributed by atoms with van der Waals surface area (Å²) in [7, 11) is -2.36. The van der Waals surface area contributed by atoms with Crippen molar-refractivity contribution >= 4 is 38.4 Å². The molecule has 3 nitrogen and oxygen atoms in total. The van der Waals surface area contributed by atoms with Gasteiger partial charge in [0.2, 0.25) is 0 Å². The molecule has 0 fully saturated rings. The van der Waals surface area contributed by atoms with Gasteiger partial charge in [0.15, 0.2) is 0 Å². The number of rotatable bonds is 8. The molecule has 0 amide bonds. The van der Waals surface area contributed by atoms with E-state index in [0.717, 1.165) is 12.5 Å². The van der Waals surface area contributed by atoms with Gasteiger partial charge in [-0.25, -0.2) is 0 Å². The van der Waals surface area contributed by atoms with Gasteiger partial charge in [0, 0.05) is 25.9 Å². The Balaban J connectivity index is 0. The van der Waals surface area contributed by atoms with Crippen molar-refractivity contribution in [1.82, 2.24) is 0 Å². The van der Waals surface area contributed by atoms with Crippen LogP contribution in [0, 0.1) is 6.92 Å². The first-order valence-corrected chi connectivity index (χ1v) is 6.89. The third-order valence-electron chi connectivity index (χ3n) is 1.58. The van der Waals surface area contributed by atoms with Crippen molar-refractivity contribution in [2.75, 3.05) is 19.8 Å². The van der Waals surface area contributed by atoms with Gasteiger partial charge in [0.25, 0.3) is 0 Å². The Hall–Kier alpha value is 1.10. The molecule has 14 heavy (non-hydrogen) atoms. The minimum atomic E-state index is -2.36. The van der Waals surface area contributed by atoms with Crippen molar-refractivity contribution in [2.45, 2.75) is 33.2 Å². The Kier molecular flexibility index (Phi) is 13.3. The van der Waals surface area contributed by atoms with Crippen LogP contribution in [0.5, 0.6) is 0 Å². The van der Waals surface area contributed by atoms with E-state index in [1.165, 1.54) is 0 Å². The molecule has 0 unspecified atom stereocenters. The Morgan fingerprint density at radius 1 is 0.929 bits per heavy atom. The Bertz CT molecular complexity index is 95.1. The van der Waals surface area contributed by atoms with Crippen molar-refractivity contribution in [3.05, 3.63) is 6.92 Å². The zero-order valence-electron chi connectivity index (χ0n) is 8.97. The summed E-state index contributed by atoms with van der Waals surface area (Å²) in [4.78, 5) is 0. The molecule has 5 heteroatoms. The molecule has 0 N–H and O–H groups in total. The molecule has 0 rings (SSSR count). The third kappa shape index (κ3) is 6.56. The van der Waals surface area contributed by atoms with Crippen LogP contribution in [0.15, 0.2) is 0 Å². The first-order chi connectivity index (χ1) is 6.24. The standard InChI is InChI=1S/C9H21O3Si.Na.H/c1-5-9-13(10-6-2,11-7-3)12-8-4;;/h1,5-9H2,2-4H3;;. The molecule has 0 aromatic carbocycles. The maximum atomic E-state index is 5.61. The average molecular weight is 229 g/mol. The van der Waals surface area contributed by atoms with E-state index in [0.29, 0.717) is 19.8 Å². The molecule has 0 saturated heterocycles. The first kappa shape index (κ1) is 17.5. The molecular weight excluding hydrogens is 207 g/mol. The minimum absolute atomic E-state index is 0. The normalized spacial score (nSPS) is 11.1. The van der Waals surface area contributed by atoms with Gasteiger partial charge in [0.05, 0.1) is 0 Å². The zero-order chi connectivity index (χ0) is 10.2. The molecular formula is C9H22NaO3Si. The maximum absolute atomic E-state index is 5.61. The van der Waals surface area contributed by atoms with Crippen LogP contribution in [-0.2, 0) is 13.3 Å². The second kappa shape index (κ2) is 10.6. The van der Waals surface area contributed by atoms with E-state index >= 15 is 0 Å². The summed E-state index contributed by atoms with van der Waals surface area (Å²) in [5.41, 5.74) is 0. The van der Waals surface area contributed by atoms with Crippen LogP contribution in [0.25, 0.3) is 0 Å². The van der Waals surface area contributed by atoms with Gasteiger partial charge >= 0.3 is 38.4 Å². The molecule has 1 radical (unpaired) electrons. The molecule has 0 bridgehead atoms. The van der Waals surface area contributed by atoms with E-state index in [-0.39, 0.29) is 29.6 Å². The Morgan fingerprint density at radius 2 is 1.29 bits per heavy atom. The molecule has 0 aliphatic heterocycles. The first-order valence-electron chi connectivity index (χ1n) is 4.95. The fourth-order valence-electron chi connectivity index (χ4n) is 1.22. The van der Waals surface area contributed by atoms with Gasteiger partial charge in [-0.3, -0.25) is 0 Å². The Morgan fingerprint density at radius 3 is 1.50 bits per heavy atom. The van der Waals surface area contributed by atoms with Crippen LogP contribution < -0.4 is 0 Å². The molecule has 0 aliphatic carbocycles. The average Bonchev–Trinajstić information content (AvgIpc) is 2.06. The SMILES string of the molecule is [CH2]CC[Si](OCC)(OCC)OCC.[NaH]. The number of hydrogen-bond acceptors (Lipinski definition) is 3. The van der Waals surface area contributed by atoms with E-state index in [4.69, 9.17) is 13.3 Å². The summed E-state index contributed by atoms with van der Waals surface area (Å²) in [5.74, 6) is 0. The quantitative estimate of drug-likeness (QED) is 0.592. The van der Waals surface area contributed by atoms with Gasteiger partial charge in [-0.05, 0) is 27.2 Å². The molecule has 0 heterocycles. The molecule has 0 aromatic rings. The van der Waals surface area contributed by atoms with Crippen molar-refractivity contribution in [3.8, 4) is 0 Å². The van der Waals surface area contributed by atoms with E-state index in [1.807, 2.05) is 20.8 Å². The fraction of sp³-hybridized carbons (Fsp3) is 0.889. The molecule has 81 valence electrons. The van der Waals surface area contributed by atoms with Crippen molar-refractivity contribution < 1.29 is 13.3 Å². The molecule has 0 aromatic heterocycles. The number of hydrogen-bond donors (Lipinski definition) is 0. The molecule has 0 aliphatic rings. The van der Waals surface area contributed by atoms with E-state index in [1.54, 1.807) is 0 Å². The summed E-state index contributed by atoms with van der Waals surface area (Å²) in [6.45, 7) is 11.6. The molecule has 0 saturated carbocycles. The predicted octanol–water partition coefficient (Wildman–Crippen LogP) is 1.61. The summed E-state index contributed by atoms with van der Waals surface area (Å²) < 4.78 is 16.8. The summed E-state index contributed by atoms with van der Waals surface area (Å²) in [6.07, 6.45) is 0.798. The van der Waals surface area contributed by atoms with E-state index in [2.05, 4.69) is 6.92 Å². The van der Waals surface area contributed by atoms with Gasteiger partial charge < -0.3 is 13.3 Å². The van der Waals surface area contributed by atoms with Crippen LogP contribution in [0.2, 0.25) is 6.04 Å². The second-order valence-electron chi connectivity index (χ2n) is 2.59. The summed E-state index contributed by atoms with van der Waals surface area (Å²) in [5, 5.41) is 0. The van der Waals surface area contributed by atoms with Gasteiger partial charge in [0.1, 0.15) is 0 Å². The van der Waals surface area contributed by atoms with Crippen molar-refractivity contribution in [3.63, 3.8) is 0 Å². The molecule has 0 spiro atoms. The van der Waals surface area contributed by atoms with Crippen molar-refractivity contribution in [2.24, 2.45) is 0 Å². The molecule has 0 atom stereocenters. The van der Waals surface area contributed by atoms with Crippen LogP contribution in [0.1, 0.15) is 27.2 Å². The van der Waals surface area contributed by atoms with Gasteiger partial charge in [-0.2, -0.15) is 0 Å². The second-order valence-corrected chi connectivity index (χ2v) is 5.32. The summed E-state index contributed by atoms with van der Waals surface area (Å²) >= 11 is 0. The summed E-state index contributed by atoms with van der Waals surface area (Å²) in [6, 6.07) is 0.808. The fourth-order valence-corrected chi connectivity index (χ4v) is 3.65. The Labute approximate surface area is 111 Å². The van der Waals surface area contributed by atoms with E-state index < -0.39 is 8.80 Å². The van der Waals surface area contributed by atoms with Crippen LogP contribution in [0.4, 0.5) is 0 Å². The topological polar surface area (TPSA) is 27.7 Å². The van der Waals surface area contributed by atoms with Crippen LogP contribution >= 0.6 is 0 Å². The van der Waals surface area contributed by atoms with E-state index in [9.17, 15) is 0 Å². The van der Waals surface area contributed by atoms with Crippen LogP contribution in [0.3, 0.4) is 0 Å².